The molecule has 108 valence electrons. The standard InChI is InChI=1S/C17H29NO/c1-5-8-16-14-15(9-7-12-18(3)4)10-11-17(16)19-13-6-2/h10-11,14H,5-9,12-13H2,1-4H3. The van der Waals surface area contributed by atoms with Crippen molar-refractivity contribution < 1.29 is 4.74 Å². The van der Waals surface area contributed by atoms with E-state index < -0.39 is 0 Å². The number of hydrogen-bond donors (Lipinski definition) is 0. The second kappa shape index (κ2) is 8.98. The van der Waals surface area contributed by atoms with E-state index in [9.17, 15) is 0 Å². The average molecular weight is 263 g/mol. The first-order valence-electron chi connectivity index (χ1n) is 7.56. The number of nitrogens with zero attached hydrogens (tertiary/aromatic N) is 1. The Morgan fingerprint density at radius 3 is 2.47 bits per heavy atom. The normalized spacial score (nSPS) is 11.0. The minimum absolute atomic E-state index is 0.816. The zero-order chi connectivity index (χ0) is 14.1. The lowest BCUT2D eigenvalue weighted by atomic mass is 10.0. The SMILES string of the molecule is CCCOc1ccc(CCCN(C)C)cc1CCC. The Morgan fingerprint density at radius 2 is 1.84 bits per heavy atom. The van der Waals surface area contributed by atoms with E-state index in [1.807, 2.05) is 0 Å². The lowest BCUT2D eigenvalue weighted by Crippen LogP contribution is -2.13. The van der Waals surface area contributed by atoms with E-state index in [1.165, 1.54) is 24.0 Å². The first kappa shape index (κ1) is 16.0. The Balaban J connectivity index is 2.65. The highest BCUT2D eigenvalue weighted by Crippen LogP contribution is 2.22. The van der Waals surface area contributed by atoms with Gasteiger partial charge in [0, 0.05) is 0 Å². The van der Waals surface area contributed by atoms with E-state index in [4.69, 9.17) is 4.74 Å². The summed E-state index contributed by atoms with van der Waals surface area (Å²) >= 11 is 0. The summed E-state index contributed by atoms with van der Waals surface area (Å²) in [5.41, 5.74) is 2.81. The fourth-order valence-electron chi connectivity index (χ4n) is 2.21. The minimum Gasteiger partial charge on any atom is -0.493 e. The molecule has 1 aromatic rings. The summed E-state index contributed by atoms with van der Waals surface area (Å²) in [5.74, 6) is 1.08. The molecule has 0 aliphatic carbocycles. The summed E-state index contributed by atoms with van der Waals surface area (Å²) < 4.78 is 5.83. The van der Waals surface area contributed by atoms with Crippen molar-refractivity contribution in [3.05, 3.63) is 29.3 Å². The lowest BCUT2D eigenvalue weighted by molar-refractivity contribution is 0.314. The predicted molar refractivity (Wildman–Crippen MR) is 83.1 cm³/mol. The smallest absolute Gasteiger partial charge is 0.122 e. The second-order valence-electron chi connectivity index (χ2n) is 5.45. The van der Waals surface area contributed by atoms with Crippen molar-refractivity contribution >= 4 is 0 Å². The van der Waals surface area contributed by atoms with Crippen molar-refractivity contribution in [1.29, 1.82) is 0 Å². The molecule has 0 saturated carbocycles. The Labute approximate surface area is 118 Å². The molecular formula is C17H29NO. The van der Waals surface area contributed by atoms with Gasteiger partial charge in [0.15, 0.2) is 0 Å². The first-order valence-corrected chi connectivity index (χ1v) is 7.56. The maximum atomic E-state index is 5.83. The molecule has 0 N–H and O–H groups in total. The van der Waals surface area contributed by atoms with Crippen molar-refractivity contribution in [2.75, 3.05) is 27.2 Å². The lowest BCUT2D eigenvalue weighted by Gasteiger charge is -2.13. The molecule has 0 aromatic heterocycles. The van der Waals surface area contributed by atoms with Crippen LogP contribution in [0.2, 0.25) is 0 Å². The third-order valence-corrected chi connectivity index (χ3v) is 3.18. The average Bonchev–Trinajstić information content (AvgIpc) is 2.38. The fraction of sp³-hybridized carbons (Fsp3) is 0.647. The van der Waals surface area contributed by atoms with Crippen LogP contribution in [-0.4, -0.2) is 32.1 Å². The van der Waals surface area contributed by atoms with Crippen LogP contribution in [0.5, 0.6) is 5.75 Å². The van der Waals surface area contributed by atoms with Crippen LogP contribution in [0.25, 0.3) is 0 Å². The molecule has 0 spiro atoms. The third kappa shape index (κ3) is 6.11. The Morgan fingerprint density at radius 1 is 1.05 bits per heavy atom. The van der Waals surface area contributed by atoms with Crippen LogP contribution in [0.4, 0.5) is 0 Å². The number of aryl methyl sites for hydroxylation is 2. The molecule has 0 aliphatic heterocycles. The molecule has 0 amide bonds. The van der Waals surface area contributed by atoms with Gasteiger partial charge in [0.25, 0.3) is 0 Å². The van der Waals surface area contributed by atoms with Gasteiger partial charge in [0.1, 0.15) is 5.75 Å². The van der Waals surface area contributed by atoms with Gasteiger partial charge in [-0.2, -0.15) is 0 Å². The summed E-state index contributed by atoms with van der Waals surface area (Å²) in [6.45, 7) is 6.34. The molecule has 0 unspecified atom stereocenters. The van der Waals surface area contributed by atoms with Crippen LogP contribution in [0.1, 0.15) is 44.2 Å². The van der Waals surface area contributed by atoms with Gasteiger partial charge in [-0.25, -0.2) is 0 Å². The number of benzene rings is 1. The summed E-state index contributed by atoms with van der Waals surface area (Å²) in [5, 5.41) is 0. The highest BCUT2D eigenvalue weighted by molar-refractivity contribution is 5.37. The van der Waals surface area contributed by atoms with Gasteiger partial charge in [-0.1, -0.05) is 32.4 Å². The van der Waals surface area contributed by atoms with E-state index >= 15 is 0 Å². The van der Waals surface area contributed by atoms with Crippen molar-refractivity contribution in [3.8, 4) is 5.75 Å². The summed E-state index contributed by atoms with van der Waals surface area (Å²) in [6.07, 6.45) is 5.72. The van der Waals surface area contributed by atoms with Gasteiger partial charge in [-0.05, 0) is 63.5 Å². The van der Waals surface area contributed by atoms with Crippen LogP contribution in [-0.2, 0) is 12.8 Å². The minimum atomic E-state index is 0.816. The Kier molecular flexibility index (Phi) is 7.57. The highest BCUT2D eigenvalue weighted by Gasteiger charge is 2.05. The molecule has 1 aromatic carbocycles. The molecule has 2 nitrogen and oxygen atoms in total. The Bertz CT molecular complexity index is 360. The summed E-state index contributed by atoms with van der Waals surface area (Å²) in [4.78, 5) is 2.24. The molecule has 0 saturated heterocycles. The van der Waals surface area contributed by atoms with Crippen LogP contribution >= 0.6 is 0 Å². The van der Waals surface area contributed by atoms with Crippen LogP contribution in [0.3, 0.4) is 0 Å². The fourth-order valence-corrected chi connectivity index (χ4v) is 2.21. The van der Waals surface area contributed by atoms with Gasteiger partial charge in [0.2, 0.25) is 0 Å². The molecule has 0 bridgehead atoms. The van der Waals surface area contributed by atoms with E-state index in [0.717, 1.165) is 38.2 Å². The molecule has 1 rings (SSSR count). The van der Waals surface area contributed by atoms with Gasteiger partial charge in [0.05, 0.1) is 6.61 Å². The van der Waals surface area contributed by atoms with Gasteiger partial charge >= 0.3 is 0 Å². The van der Waals surface area contributed by atoms with Crippen LogP contribution in [0, 0.1) is 0 Å². The summed E-state index contributed by atoms with van der Waals surface area (Å²) in [6, 6.07) is 6.72. The second-order valence-corrected chi connectivity index (χ2v) is 5.45. The van der Waals surface area contributed by atoms with E-state index in [1.54, 1.807) is 0 Å². The van der Waals surface area contributed by atoms with Crippen LogP contribution < -0.4 is 4.74 Å². The number of hydrogen-bond acceptors (Lipinski definition) is 2. The maximum absolute atomic E-state index is 5.83. The quantitative estimate of drug-likeness (QED) is 0.669. The largest absolute Gasteiger partial charge is 0.493 e. The molecule has 2 heteroatoms. The number of ether oxygens (including phenoxy) is 1. The Hall–Kier alpha value is -1.02. The van der Waals surface area contributed by atoms with E-state index in [2.05, 4.69) is 51.0 Å². The van der Waals surface area contributed by atoms with E-state index in [-0.39, 0.29) is 0 Å². The van der Waals surface area contributed by atoms with Crippen molar-refractivity contribution in [2.24, 2.45) is 0 Å². The first-order chi connectivity index (χ1) is 9.17. The number of rotatable bonds is 9. The zero-order valence-corrected chi connectivity index (χ0v) is 13.0. The molecule has 19 heavy (non-hydrogen) atoms. The van der Waals surface area contributed by atoms with Crippen molar-refractivity contribution in [2.45, 2.75) is 46.0 Å². The van der Waals surface area contributed by atoms with E-state index in [0.29, 0.717) is 0 Å². The van der Waals surface area contributed by atoms with Gasteiger partial charge < -0.3 is 9.64 Å². The van der Waals surface area contributed by atoms with Crippen molar-refractivity contribution in [1.82, 2.24) is 4.90 Å². The monoisotopic (exact) mass is 263 g/mol. The third-order valence-electron chi connectivity index (χ3n) is 3.18. The topological polar surface area (TPSA) is 12.5 Å². The molecule has 0 atom stereocenters. The molecule has 0 fully saturated rings. The molecular weight excluding hydrogens is 234 g/mol. The zero-order valence-electron chi connectivity index (χ0n) is 13.0. The van der Waals surface area contributed by atoms with Gasteiger partial charge in [-0.15, -0.1) is 0 Å². The maximum Gasteiger partial charge on any atom is 0.122 e. The molecule has 0 aliphatic rings. The van der Waals surface area contributed by atoms with Crippen LogP contribution in [0.15, 0.2) is 18.2 Å². The predicted octanol–water partition coefficient (Wildman–Crippen LogP) is 3.92. The van der Waals surface area contributed by atoms with Gasteiger partial charge in [-0.3, -0.25) is 0 Å². The molecule has 0 radical (unpaired) electrons. The van der Waals surface area contributed by atoms with Crippen molar-refractivity contribution in [3.63, 3.8) is 0 Å². The summed E-state index contributed by atoms with van der Waals surface area (Å²) in [7, 11) is 4.26. The molecule has 0 heterocycles. The highest BCUT2D eigenvalue weighted by atomic mass is 16.5.